The highest BCUT2D eigenvalue weighted by Gasteiger charge is 2.36. The number of nitrogens with zero attached hydrogens (tertiary/aromatic N) is 2. The minimum absolute atomic E-state index is 0.109. The fraction of sp³-hybridized carbons (Fsp3) is 0.786. The van der Waals surface area contributed by atoms with Gasteiger partial charge in [0, 0.05) is 19.6 Å². The van der Waals surface area contributed by atoms with Crippen molar-refractivity contribution in [1.82, 2.24) is 15.1 Å². The van der Waals surface area contributed by atoms with Gasteiger partial charge >= 0.3 is 0 Å². The predicted molar refractivity (Wildman–Crippen MR) is 73.5 cm³/mol. The zero-order valence-corrected chi connectivity index (χ0v) is 11.4. The molecule has 18 heavy (non-hydrogen) atoms. The molecule has 2 fully saturated rings. The largest absolute Gasteiger partial charge is 0.341 e. The van der Waals surface area contributed by atoms with Crippen LogP contribution in [0.3, 0.4) is 0 Å². The first-order chi connectivity index (χ1) is 8.74. The second kappa shape index (κ2) is 6.34. The lowest BCUT2D eigenvalue weighted by molar-refractivity contribution is -0.135. The first kappa shape index (κ1) is 13.6. The molecule has 1 N–H and O–H groups in total. The summed E-state index contributed by atoms with van der Waals surface area (Å²) in [4.78, 5) is 16.7. The summed E-state index contributed by atoms with van der Waals surface area (Å²) in [6.45, 7) is 7.61. The first-order valence-electron chi connectivity index (χ1n) is 7.06. The van der Waals surface area contributed by atoms with Crippen LogP contribution >= 0.6 is 0 Å². The lowest BCUT2D eigenvalue weighted by Gasteiger charge is -2.36. The molecule has 1 unspecified atom stereocenters. The van der Waals surface area contributed by atoms with E-state index in [-0.39, 0.29) is 11.9 Å². The van der Waals surface area contributed by atoms with Crippen LogP contribution in [0.4, 0.5) is 0 Å². The molecule has 0 aromatic carbocycles. The first-order valence-corrected chi connectivity index (χ1v) is 7.06. The summed E-state index contributed by atoms with van der Waals surface area (Å²) in [7, 11) is 1.88. The summed E-state index contributed by atoms with van der Waals surface area (Å²) in [6.07, 6.45) is 6.32. The van der Waals surface area contributed by atoms with Crippen molar-refractivity contribution in [2.24, 2.45) is 0 Å². The number of hydrogen-bond donors (Lipinski definition) is 1. The van der Waals surface area contributed by atoms with Gasteiger partial charge in [-0.2, -0.15) is 0 Å². The van der Waals surface area contributed by atoms with Crippen LogP contribution in [0.15, 0.2) is 12.7 Å². The third-order valence-corrected chi connectivity index (χ3v) is 4.14. The van der Waals surface area contributed by atoms with E-state index < -0.39 is 0 Å². The molecular formula is C14H25N3O. The van der Waals surface area contributed by atoms with Crippen LogP contribution in [0, 0.1) is 0 Å². The molecule has 1 amide bonds. The van der Waals surface area contributed by atoms with E-state index in [1.807, 2.05) is 7.05 Å². The number of carbonyl (C=O) groups excluding carboxylic acids is 1. The number of carbonyl (C=O) groups is 1. The van der Waals surface area contributed by atoms with Crippen molar-refractivity contribution in [3.63, 3.8) is 0 Å². The molecule has 2 aliphatic heterocycles. The molecule has 0 radical (unpaired) electrons. The van der Waals surface area contributed by atoms with Crippen LogP contribution in [-0.2, 0) is 4.79 Å². The van der Waals surface area contributed by atoms with E-state index in [0.29, 0.717) is 12.6 Å². The minimum Gasteiger partial charge on any atom is -0.341 e. The van der Waals surface area contributed by atoms with E-state index in [9.17, 15) is 4.79 Å². The van der Waals surface area contributed by atoms with E-state index in [0.717, 1.165) is 32.5 Å². The smallest absolute Gasteiger partial charge is 0.239 e. The van der Waals surface area contributed by atoms with Gasteiger partial charge in [0.1, 0.15) is 0 Å². The normalized spacial score (nSPS) is 26.2. The van der Waals surface area contributed by atoms with E-state index in [1.54, 1.807) is 11.0 Å². The number of hydrogen-bond acceptors (Lipinski definition) is 3. The van der Waals surface area contributed by atoms with Crippen molar-refractivity contribution >= 4 is 5.91 Å². The lowest BCUT2D eigenvalue weighted by atomic mass is 10.0. The molecule has 2 heterocycles. The van der Waals surface area contributed by atoms with Crippen molar-refractivity contribution < 1.29 is 4.79 Å². The fourth-order valence-electron chi connectivity index (χ4n) is 3.17. The van der Waals surface area contributed by atoms with Crippen molar-refractivity contribution in [3.8, 4) is 0 Å². The number of likely N-dealkylation sites (tertiary alicyclic amines) is 1. The summed E-state index contributed by atoms with van der Waals surface area (Å²) < 4.78 is 0. The highest BCUT2D eigenvalue weighted by molar-refractivity contribution is 5.82. The van der Waals surface area contributed by atoms with Gasteiger partial charge in [-0.25, -0.2) is 0 Å². The van der Waals surface area contributed by atoms with Gasteiger partial charge in [0.25, 0.3) is 0 Å². The van der Waals surface area contributed by atoms with Crippen LogP contribution in [0.25, 0.3) is 0 Å². The second-order valence-corrected chi connectivity index (χ2v) is 5.38. The highest BCUT2D eigenvalue weighted by Crippen LogP contribution is 2.25. The van der Waals surface area contributed by atoms with Crippen LogP contribution in [0.2, 0.25) is 0 Å². The lowest BCUT2D eigenvalue weighted by Crippen LogP contribution is -2.51. The van der Waals surface area contributed by atoms with Crippen LogP contribution < -0.4 is 5.32 Å². The molecule has 0 saturated carbocycles. The molecule has 2 aliphatic rings. The van der Waals surface area contributed by atoms with Gasteiger partial charge < -0.3 is 10.2 Å². The second-order valence-electron chi connectivity index (χ2n) is 5.38. The average Bonchev–Trinajstić information content (AvgIpc) is 2.88. The van der Waals surface area contributed by atoms with E-state index in [1.165, 1.54) is 12.8 Å². The number of piperidine rings is 1. The van der Waals surface area contributed by atoms with E-state index >= 15 is 0 Å². The molecule has 4 heteroatoms. The zero-order chi connectivity index (χ0) is 13.0. The molecule has 0 bridgehead atoms. The zero-order valence-electron chi connectivity index (χ0n) is 11.4. The predicted octanol–water partition coefficient (Wildman–Crippen LogP) is 0.847. The standard InChI is InChI=1S/C14H25N3O/c1-3-10-16(2)14(18)13-5-4-11-17(13)12-6-8-15-9-7-12/h3,12-13,15H,1,4-11H2,2H3. The van der Waals surface area contributed by atoms with Crippen LogP contribution in [-0.4, -0.2) is 61.0 Å². The summed E-state index contributed by atoms with van der Waals surface area (Å²) in [6, 6.07) is 0.706. The molecule has 2 rings (SSSR count). The molecule has 0 aromatic rings. The molecule has 0 aromatic heterocycles. The number of rotatable bonds is 4. The Morgan fingerprint density at radius 1 is 1.44 bits per heavy atom. The van der Waals surface area contributed by atoms with E-state index in [2.05, 4.69) is 16.8 Å². The van der Waals surface area contributed by atoms with Gasteiger partial charge in [-0.15, -0.1) is 6.58 Å². The third-order valence-electron chi connectivity index (χ3n) is 4.14. The maximum atomic E-state index is 12.4. The van der Waals surface area contributed by atoms with Crippen molar-refractivity contribution in [3.05, 3.63) is 12.7 Å². The summed E-state index contributed by atoms with van der Waals surface area (Å²) in [5.41, 5.74) is 0. The Kier molecular flexibility index (Phi) is 4.78. The van der Waals surface area contributed by atoms with Crippen LogP contribution in [0.1, 0.15) is 25.7 Å². The van der Waals surface area contributed by atoms with Gasteiger partial charge in [0.15, 0.2) is 0 Å². The average molecular weight is 251 g/mol. The molecule has 102 valence electrons. The molecule has 0 aliphatic carbocycles. The van der Waals surface area contributed by atoms with Gasteiger partial charge in [-0.05, 0) is 45.3 Å². The Morgan fingerprint density at radius 3 is 2.83 bits per heavy atom. The summed E-state index contributed by atoms with van der Waals surface area (Å²) in [5, 5.41) is 3.39. The molecular weight excluding hydrogens is 226 g/mol. The molecule has 2 saturated heterocycles. The maximum Gasteiger partial charge on any atom is 0.239 e. The Labute approximate surface area is 110 Å². The van der Waals surface area contributed by atoms with Crippen LogP contribution in [0.5, 0.6) is 0 Å². The van der Waals surface area contributed by atoms with Crippen molar-refractivity contribution in [1.29, 1.82) is 0 Å². The Balaban J connectivity index is 1.97. The molecule has 0 spiro atoms. The molecule has 1 atom stereocenters. The van der Waals surface area contributed by atoms with E-state index in [4.69, 9.17) is 0 Å². The Bertz CT molecular complexity index is 299. The van der Waals surface area contributed by atoms with Crippen molar-refractivity contribution in [2.45, 2.75) is 37.8 Å². The number of amides is 1. The number of likely N-dealkylation sites (N-methyl/N-ethyl adjacent to an activating group) is 1. The fourth-order valence-corrected chi connectivity index (χ4v) is 3.17. The monoisotopic (exact) mass is 251 g/mol. The number of nitrogens with one attached hydrogen (secondary N) is 1. The summed E-state index contributed by atoms with van der Waals surface area (Å²) >= 11 is 0. The van der Waals surface area contributed by atoms with Gasteiger partial charge in [0.2, 0.25) is 5.91 Å². The SMILES string of the molecule is C=CCN(C)C(=O)C1CCCN1C1CCNCC1. The highest BCUT2D eigenvalue weighted by atomic mass is 16.2. The van der Waals surface area contributed by atoms with Crippen molar-refractivity contribution in [2.75, 3.05) is 33.2 Å². The maximum absolute atomic E-state index is 12.4. The quantitative estimate of drug-likeness (QED) is 0.752. The minimum atomic E-state index is 0.109. The van der Waals surface area contributed by atoms with Gasteiger partial charge in [0.05, 0.1) is 6.04 Å². The molecule has 4 nitrogen and oxygen atoms in total. The Hall–Kier alpha value is -0.870. The van der Waals surface area contributed by atoms with Gasteiger partial charge in [-0.1, -0.05) is 6.08 Å². The topological polar surface area (TPSA) is 35.6 Å². The Morgan fingerprint density at radius 2 is 2.17 bits per heavy atom. The summed E-state index contributed by atoms with van der Waals surface area (Å²) in [5.74, 6) is 0.269. The third kappa shape index (κ3) is 2.93. The van der Waals surface area contributed by atoms with Gasteiger partial charge in [-0.3, -0.25) is 9.69 Å².